The lowest BCUT2D eigenvalue weighted by Gasteiger charge is -2.18. The van der Waals surface area contributed by atoms with Crippen molar-refractivity contribution in [3.8, 4) is 11.5 Å². The van der Waals surface area contributed by atoms with Crippen LogP contribution in [-0.2, 0) is 0 Å². The Balaban J connectivity index is 1.76. The molecule has 134 valence electrons. The van der Waals surface area contributed by atoms with Gasteiger partial charge in [-0.1, -0.05) is 48.5 Å². The molecule has 0 saturated carbocycles. The molecule has 0 radical (unpaired) electrons. The van der Waals surface area contributed by atoms with E-state index in [9.17, 15) is 8.78 Å². The van der Waals surface area contributed by atoms with E-state index in [-0.39, 0.29) is 17.1 Å². The molecule has 0 aliphatic carbocycles. The number of aromatic nitrogens is 2. The molecule has 1 atom stereocenters. The van der Waals surface area contributed by atoms with Crippen molar-refractivity contribution in [1.82, 2.24) is 10.2 Å². The number of anilines is 1. The smallest absolute Gasteiger partial charge is 0.247 e. The van der Waals surface area contributed by atoms with Gasteiger partial charge in [0.25, 0.3) is 0 Å². The van der Waals surface area contributed by atoms with Crippen LogP contribution in [0.2, 0.25) is 0 Å². The van der Waals surface area contributed by atoms with E-state index in [1.165, 1.54) is 12.1 Å². The molecule has 0 amide bonds. The SMILES string of the molecule is Fc1ccccc1NC(c1nnc(-c2ccccc2)o1)c1ccccc1F. The average Bonchev–Trinajstić information content (AvgIpc) is 3.19. The topological polar surface area (TPSA) is 51.0 Å². The van der Waals surface area contributed by atoms with E-state index in [2.05, 4.69) is 15.5 Å². The third kappa shape index (κ3) is 3.55. The molecule has 0 saturated heterocycles. The molecule has 4 aromatic rings. The lowest BCUT2D eigenvalue weighted by atomic mass is 10.1. The van der Waals surface area contributed by atoms with Crippen molar-refractivity contribution in [3.05, 3.63) is 102 Å². The Hall–Kier alpha value is -3.54. The van der Waals surface area contributed by atoms with Crippen molar-refractivity contribution >= 4 is 5.69 Å². The second kappa shape index (κ2) is 7.37. The zero-order valence-electron chi connectivity index (χ0n) is 14.1. The predicted molar refractivity (Wildman–Crippen MR) is 98.0 cm³/mol. The Morgan fingerprint density at radius 1 is 0.741 bits per heavy atom. The summed E-state index contributed by atoms with van der Waals surface area (Å²) >= 11 is 0. The lowest BCUT2D eigenvalue weighted by molar-refractivity contribution is 0.484. The summed E-state index contributed by atoms with van der Waals surface area (Å²) in [7, 11) is 0. The summed E-state index contributed by atoms with van der Waals surface area (Å²) < 4.78 is 34.3. The molecule has 0 fully saturated rings. The maximum Gasteiger partial charge on any atom is 0.247 e. The van der Waals surface area contributed by atoms with Crippen LogP contribution in [0.25, 0.3) is 11.5 Å². The van der Waals surface area contributed by atoms with Crippen LogP contribution in [0.1, 0.15) is 17.5 Å². The molecule has 1 heterocycles. The van der Waals surface area contributed by atoms with Crippen molar-refractivity contribution < 1.29 is 13.2 Å². The molecule has 4 nitrogen and oxygen atoms in total. The molecular formula is C21H15F2N3O. The summed E-state index contributed by atoms with van der Waals surface area (Å²) in [5.41, 5.74) is 1.24. The van der Waals surface area contributed by atoms with Crippen LogP contribution in [0.3, 0.4) is 0 Å². The number of halogens is 2. The highest BCUT2D eigenvalue weighted by atomic mass is 19.1. The van der Waals surface area contributed by atoms with Gasteiger partial charge < -0.3 is 9.73 Å². The van der Waals surface area contributed by atoms with Gasteiger partial charge in [0.2, 0.25) is 11.8 Å². The number of nitrogens with one attached hydrogen (secondary N) is 1. The number of para-hydroxylation sites is 1. The second-order valence-electron chi connectivity index (χ2n) is 5.89. The van der Waals surface area contributed by atoms with E-state index in [1.807, 2.05) is 30.3 Å². The molecular weight excluding hydrogens is 348 g/mol. The third-order valence-corrected chi connectivity index (χ3v) is 4.10. The first-order valence-electron chi connectivity index (χ1n) is 8.36. The Morgan fingerprint density at radius 2 is 1.41 bits per heavy atom. The van der Waals surface area contributed by atoms with E-state index in [0.717, 1.165) is 5.56 Å². The summed E-state index contributed by atoms with van der Waals surface area (Å²) in [6.45, 7) is 0. The molecule has 1 unspecified atom stereocenters. The molecule has 6 heteroatoms. The first kappa shape index (κ1) is 16.9. The van der Waals surface area contributed by atoms with Crippen molar-refractivity contribution in [3.63, 3.8) is 0 Å². The Bertz CT molecular complexity index is 1050. The van der Waals surface area contributed by atoms with Crippen LogP contribution in [0.15, 0.2) is 83.3 Å². The van der Waals surface area contributed by atoms with Crippen molar-refractivity contribution in [2.24, 2.45) is 0 Å². The largest absolute Gasteiger partial charge is 0.418 e. The lowest BCUT2D eigenvalue weighted by Crippen LogP contribution is -2.15. The van der Waals surface area contributed by atoms with Gasteiger partial charge in [-0.05, 0) is 30.3 Å². The van der Waals surface area contributed by atoms with Gasteiger partial charge in [-0.2, -0.15) is 0 Å². The summed E-state index contributed by atoms with van der Waals surface area (Å²) in [5, 5.41) is 11.1. The molecule has 1 aromatic heterocycles. The van der Waals surface area contributed by atoms with Gasteiger partial charge in [-0.3, -0.25) is 0 Å². The minimum absolute atomic E-state index is 0.141. The van der Waals surface area contributed by atoms with Crippen LogP contribution >= 0.6 is 0 Å². The highest BCUT2D eigenvalue weighted by Crippen LogP contribution is 2.30. The standard InChI is InChI=1S/C21H15F2N3O/c22-16-11-5-4-10-15(16)19(24-18-13-7-6-12-17(18)23)21-26-25-20(27-21)14-8-2-1-3-9-14/h1-13,19,24H. The maximum absolute atomic E-state index is 14.4. The fourth-order valence-electron chi connectivity index (χ4n) is 2.76. The van der Waals surface area contributed by atoms with Crippen LogP contribution in [-0.4, -0.2) is 10.2 Å². The fourth-order valence-corrected chi connectivity index (χ4v) is 2.76. The number of hydrogen-bond acceptors (Lipinski definition) is 4. The van der Waals surface area contributed by atoms with Gasteiger partial charge in [-0.15, -0.1) is 10.2 Å². The summed E-state index contributed by atoms with van der Waals surface area (Å²) in [4.78, 5) is 0. The highest BCUT2D eigenvalue weighted by molar-refractivity contribution is 5.53. The molecule has 1 N–H and O–H groups in total. The van der Waals surface area contributed by atoms with E-state index < -0.39 is 17.7 Å². The zero-order chi connectivity index (χ0) is 18.6. The number of benzene rings is 3. The van der Waals surface area contributed by atoms with E-state index >= 15 is 0 Å². The minimum Gasteiger partial charge on any atom is -0.418 e. The third-order valence-electron chi connectivity index (χ3n) is 4.10. The molecule has 0 spiro atoms. The van der Waals surface area contributed by atoms with E-state index in [4.69, 9.17) is 4.42 Å². The van der Waals surface area contributed by atoms with Gasteiger partial charge >= 0.3 is 0 Å². The molecule has 3 aromatic carbocycles. The van der Waals surface area contributed by atoms with E-state index in [0.29, 0.717) is 5.89 Å². The Kier molecular flexibility index (Phi) is 4.61. The molecule has 0 aliphatic heterocycles. The van der Waals surface area contributed by atoms with Gasteiger partial charge in [0.05, 0.1) is 5.69 Å². The average molecular weight is 363 g/mol. The first-order chi connectivity index (χ1) is 13.2. The first-order valence-corrected chi connectivity index (χ1v) is 8.36. The van der Waals surface area contributed by atoms with Gasteiger partial charge in [0.1, 0.15) is 17.7 Å². The van der Waals surface area contributed by atoms with Gasteiger partial charge in [0, 0.05) is 11.1 Å². The molecule has 4 rings (SSSR count). The highest BCUT2D eigenvalue weighted by Gasteiger charge is 2.25. The summed E-state index contributed by atoms with van der Waals surface area (Å²) in [6, 6.07) is 20.8. The quantitative estimate of drug-likeness (QED) is 0.528. The van der Waals surface area contributed by atoms with Gasteiger partial charge in [-0.25, -0.2) is 8.78 Å². The van der Waals surface area contributed by atoms with Crippen LogP contribution in [0.5, 0.6) is 0 Å². The molecule has 27 heavy (non-hydrogen) atoms. The van der Waals surface area contributed by atoms with Crippen LogP contribution in [0.4, 0.5) is 14.5 Å². The van der Waals surface area contributed by atoms with Gasteiger partial charge in [0.15, 0.2) is 0 Å². The van der Waals surface area contributed by atoms with Crippen molar-refractivity contribution in [2.45, 2.75) is 6.04 Å². The number of rotatable bonds is 5. The maximum atomic E-state index is 14.4. The fraction of sp³-hybridized carbons (Fsp3) is 0.0476. The van der Waals surface area contributed by atoms with Crippen LogP contribution < -0.4 is 5.32 Å². The number of nitrogens with zero attached hydrogens (tertiary/aromatic N) is 2. The number of hydrogen-bond donors (Lipinski definition) is 1. The molecule has 0 aliphatic rings. The monoisotopic (exact) mass is 363 g/mol. The van der Waals surface area contributed by atoms with Crippen molar-refractivity contribution in [1.29, 1.82) is 0 Å². The molecule has 0 bridgehead atoms. The Morgan fingerprint density at radius 3 is 2.15 bits per heavy atom. The van der Waals surface area contributed by atoms with Crippen LogP contribution in [0, 0.1) is 11.6 Å². The predicted octanol–water partition coefficient (Wildman–Crippen LogP) is 5.22. The zero-order valence-corrected chi connectivity index (χ0v) is 14.1. The normalized spacial score (nSPS) is 11.9. The second-order valence-corrected chi connectivity index (χ2v) is 5.89. The van der Waals surface area contributed by atoms with Crippen molar-refractivity contribution in [2.75, 3.05) is 5.32 Å². The summed E-state index contributed by atoms with van der Waals surface area (Å²) in [5.74, 6) is -0.461. The minimum atomic E-state index is -0.840. The van der Waals surface area contributed by atoms with E-state index in [1.54, 1.807) is 36.4 Å². The Labute approximate surface area is 154 Å². The summed E-state index contributed by atoms with van der Waals surface area (Å²) in [6.07, 6.45) is 0.